The van der Waals surface area contributed by atoms with E-state index in [4.69, 9.17) is 40.5 Å². The molecule has 0 saturated heterocycles. The zero-order chi connectivity index (χ0) is 23.2. The first-order valence-corrected chi connectivity index (χ1v) is 11.4. The van der Waals surface area contributed by atoms with Crippen molar-refractivity contribution in [2.24, 2.45) is 5.73 Å². The fraction of sp³-hybridized carbons (Fsp3) is 0. The first-order valence-electron chi connectivity index (χ1n) is 8.87. The Kier molecular flexibility index (Phi) is 5.78. The molecule has 164 valence electrons. The average molecular weight is 512 g/mol. The van der Waals surface area contributed by atoms with Gasteiger partial charge in [-0.1, -0.05) is 40.9 Å². The molecule has 4 N–H and O–H groups in total. The van der Waals surface area contributed by atoms with Crippen LogP contribution in [-0.2, 0) is 10.1 Å². The number of nitrogens with two attached hydrogens (primary N) is 1. The van der Waals surface area contributed by atoms with Crippen LogP contribution in [0.25, 0.3) is 16.7 Å². The van der Waals surface area contributed by atoms with Crippen LogP contribution in [0.1, 0.15) is 10.4 Å². The monoisotopic (exact) mass is 510 g/mol. The number of nitrogens with zero attached hydrogens (tertiary/aromatic N) is 2. The number of amides is 1. The quantitative estimate of drug-likeness (QED) is 0.321. The van der Waals surface area contributed by atoms with Gasteiger partial charge < -0.3 is 11.1 Å². The Hall–Kier alpha value is -2.82. The minimum Gasteiger partial charge on any atom is -0.366 e. The molecule has 1 aromatic heterocycles. The number of fused-ring (bicyclic) bond motifs is 1. The van der Waals surface area contributed by atoms with E-state index in [0.717, 1.165) is 0 Å². The molecule has 3 aromatic carbocycles. The predicted molar refractivity (Wildman–Crippen MR) is 124 cm³/mol. The van der Waals surface area contributed by atoms with Gasteiger partial charge in [0.2, 0.25) is 11.9 Å². The predicted octanol–water partition coefficient (Wildman–Crippen LogP) is 5.07. The van der Waals surface area contributed by atoms with Gasteiger partial charge in [-0.05, 0) is 48.5 Å². The average Bonchev–Trinajstić information content (AvgIpc) is 3.07. The van der Waals surface area contributed by atoms with Crippen LogP contribution in [0, 0.1) is 0 Å². The van der Waals surface area contributed by atoms with Gasteiger partial charge in [-0.25, -0.2) is 4.98 Å². The number of para-hydroxylation sites is 1. The Balaban J connectivity index is 1.99. The maximum atomic E-state index is 11.6. The molecule has 32 heavy (non-hydrogen) atoms. The Labute approximate surface area is 197 Å². The smallest absolute Gasteiger partial charge is 0.294 e. The highest BCUT2D eigenvalue weighted by atomic mass is 35.5. The van der Waals surface area contributed by atoms with Crippen molar-refractivity contribution >= 4 is 73.5 Å². The molecule has 1 amide bonds. The molecule has 4 aromatic rings. The number of hydrogen-bond donors (Lipinski definition) is 3. The van der Waals surface area contributed by atoms with E-state index in [0.29, 0.717) is 26.9 Å². The molecule has 0 atom stereocenters. The van der Waals surface area contributed by atoms with Crippen molar-refractivity contribution in [3.63, 3.8) is 0 Å². The highest BCUT2D eigenvalue weighted by Crippen LogP contribution is 2.36. The molecule has 0 spiro atoms. The number of halogens is 3. The summed E-state index contributed by atoms with van der Waals surface area (Å²) >= 11 is 19.0. The molecule has 0 radical (unpaired) electrons. The summed E-state index contributed by atoms with van der Waals surface area (Å²) in [6.45, 7) is 0. The number of carbonyl (C=O) groups excluding carboxylic acids is 1. The lowest BCUT2D eigenvalue weighted by Crippen LogP contribution is -2.11. The van der Waals surface area contributed by atoms with E-state index in [-0.39, 0.29) is 26.9 Å². The number of carbonyl (C=O) groups is 1. The van der Waals surface area contributed by atoms with Gasteiger partial charge in [-0.3, -0.25) is 13.9 Å². The van der Waals surface area contributed by atoms with E-state index < -0.39 is 16.0 Å². The molecule has 0 saturated carbocycles. The number of primary amides is 1. The third-order valence-electron chi connectivity index (χ3n) is 4.60. The highest BCUT2D eigenvalue weighted by molar-refractivity contribution is 7.85. The maximum absolute atomic E-state index is 11.6. The summed E-state index contributed by atoms with van der Waals surface area (Å²) in [5.41, 5.74) is 7.02. The van der Waals surface area contributed by atoms with Crippen LogP contribution < -0.4 is 11.1 Å². The third-order valence-corrected chi connectivity index (χ3v) is 6.38. The van der Waals surface area contributed by atoms with Crippen molar-refractivity contribution in [1.29, 1.82) is 0 Å². The number of benzene rings is 3. The molecule has 4 rings (SSSR count). The van der Waals surface area contributed by atoms with Crippen molar-refractivity contribution in [2.75, 3.05) is 5.32 Å². The van der Waals surface area contributed by atoms with Crippen LogP contribution in [0.2, 0.25) is 15.1 Å². The van der Waals surface area contributed by atoms with Crippen LogP contribution in [0.3, 0.4) is 0 Å². The lowest BCUT2D eigenvalue weighted by molar-refractivity contribution is 0.100. The normalized spacial score (nSPS) is 11.6. The summed E-state index contributed by atoms with van der Waals surface area (Å²) in [7, 11) is -4.45. The molecule has 1 heterocycles. The van der Waals surface area contributed by atoms with Gasteiger partial charge in [0.05, 0.1) is 42.4 Å². The van der Waals surface area contributed by atoms with Crippen LogP contribution >= 0.6 is 34.8 Å². The van der Waals surface area contributed by atoms with Crippen molar-refractivity contribution < 1.29 is 17.8 Å². The molecule has 0 aliphatic heterocycles. The summed E-state index contributed by atoms with van der Waals surface area (Å²) in [5.74, 6) is -0.441. The third kappa shape index (κ3) is 4.13. The largest absolute Gasteiger partial charge is 0.366 e. The minimum absolute atomic E-state index is 0.188. The summed E-state index contributed by atoms with van der Waals surface area (Å²) in [5, 5.41) is 3.88. The molecule has 0 aliphatic rings. The van der Waals surface area contributed by atoms with Crippen LogP contribution in [0.15, 0.2) is 59.5 Å². The molecule has 0 fully saturated rings. The molecule has 0 aliphatic carbocycles. The Morgan fingerprint density at radius 3 is 2.28 bits per heavy atom. The topological polar surface area (TPSA) is 127 Å². The molecular weight excluding hydrogens is 499 g/mol. The van der Waals surface area contributed by atoms with E-state index in [9.17, 15) is 17.8 Å². The highest BCUT2D eigenvalue weighted by Gasteiger charge is 2.20. The Bertz CT molecular complexity index is 1480. The summed E-state index contributed by atoms with van der Waals surface area (Å²) in [6.07, 6.45) is 0. The summed E-state index contributed by atoms with van der Waals surface area (Å²) in [6, 6.07) is 13.3. The van der Waals surface area contributed by atoms with Gasteiger partial charge in [0.1, 0.15) is 0 Å². The van der Waals surface area contributed by atoms with Crippen LogP contribution in [0.4, 0.5) is 11.6 Å². The lowest BCUT2D eigenvalue weighted by Gasteiger charge is -2.14. The van der Waals surface area contributed by atoms with Crippen molar-refractivity contribution in [1.82, 2.24) is 9.55 Å². The first kappa shape index (κ1) is 22.4. The maximum Gasteiger partial charge on any atom is 0.294 e. The van der Waals surface area contributed by atoms with Crippen molar-refractivity contribution in [2.45, 2.75) is 4.90 Å². The first-order chi connectivity index (χ1) is 15.1. The van der Waals surface area contributed by atoms with Gasteiger partial charge in [0, 0.05) is 5.56 Å². The lowest BCUT2D eigenvalue weighted by atomic mass is 10.2. The van der Waals surface area contributed by atoms with Crippen molar-refractivity contribution in [3.05, 3.63) is 75.2 Å². The second-order valence-electron chi connectivity index (χ2n) is 6.65. The molecule has 12 heteroatoms. The summed E-state index contributed by atoms with van der Waals surface area (Å²) in [4.78, 5) is 15.6. The van der Waals surface area contributed by atoms with Crippen molar-refractivity contribution in [3.8, 4) is 5.69 Å². The van der Waals surface area contributed by atoms with Gasteiger partial charge in [-0.15, -0.1) is 0 Å². The van der Waals surface area contributed by atoms with E-state index in [1.54, 1.807) is 28.8 Å². The SMILES string of the molecule is NC(=O)c1ccc(-n2c(Nc3c(Cl)cccc3Cl)nc3cc(S(=O)(=O)O)ccc32)c(Cl)c1. The Morgan fingerprint density at radius 1 is 1.00 bits per heavy atom. The van der Waals surface area contributed by atoms with Gasteiger partial charge in [-0.2, -0.15) is 8.42 Å². The minimum atomic E-state index is -4.45. The second-order valence-corrected chi connectivity index (χ2v) is 9.29. The zero-order valence-corrected chi connectivity index (χ0v) is 19.0. The number of nitrogens with one attached hydrogen (secondary N) is 1. The Morgan fingerprint density at radius 2 is 1.69 bits per heavy atom. The van der Waals surface area contributed by atoms with E-state index in [1.807, 2.05) is 0 Å². The van der Waals surface area contributed by atoms with Crippen LogP contribution in [-0.4, -0.2) is 28.4 Å². The number of aromatic nitrogens is 2. The van der Waals surface area contributed by atoms with E-state index in [2.05, 4.69) is 10.3 Å². The standard InChI is InChI=1S/C20H13Cl3N4O4S/c21-12-2-1-3-13(22)18(12)26-20-25-15-9-11(32(29,30)31)5-7-17(15)27(20)16-6-4-10(19(24)28)8-14(16)23/h1-9H,(H2,24,28)(H,25,26)(H,29,30,31). The van der Waals surface area contributed by atoms with E-state index >= 15 is 0 Å². The molecule has 8 nitrogen and oxygen atoms in total. The molecular formula is C20H13Cl3N4O4S. The van der Waals surface area contributed by atoms with Gasteiger partial charge >= 0.3 is 0 Å². The number of hydrogen-bond acceptors (Lipinski definition) is 5. The fourth-order valence-corrected chi connectivity index (χ4v) is 4.38. The van der Waals surface area contributed by atoms with Gasteiger partial charge in [0.25, 0.3) is 10.1 Å². The van der Waals surface area contributed by atoms with Gasteiger partial charge in [0.15, 0.2) is 0 Å². The van der Waals surface area contributed by atoms with Crippen LogP contribution in [0.5, 0.6) is 0 Å². The molecule has 0 bridgehead atoms. The van der Waals surface area contributed by atoms with E-state index in [1.165, 1.54) is 30.3 Å². The number of anilines is 2. The number of imidazole rings is 1. The zero-order valence-electron chi connectivity index (χ0n) is 15.9. The molecule has 0 unspecified atom stereocenters. The number of rotatable bonds is 5. The second kappa shape index (κ2) is 8.27. The summed E-state index contributed by atoms with van der Waals surface area (Å²) < 4.78 is 34.2. The fourth-order valence-electron chi connectivity index (χ4n) is 3.12.